The molecule has 0 saturated carbocycles. The maximum atomic E-state index is 12.7. The van der Waals surface area contributed by atoms with Crippen molar-refractivity contribution >= 4 is 5.91 Å². The molecular formula is C23H26F3N3O3. The first-order valence-corrected chi connectivity index (χ1v) is 10.6. The van der Waals surface area contributed by atoms with Crippen LogP contribution in [-0.2, 0) is 22.3 Å². The molecule has 4 rings (SSSR count). The second kappa shape index (κ2) is 9.17. The molecule has 2 aliphatic rings. The molecule has 2 aliphatic heterocycles. The van der Waals surface area contributed by atoms with Crippen molar-refractivity contribution in [1.82, 2.24) is 14.8 Å². The van der Waals surface area contributed by atoms with Crippen molar-refractivity contribution in [2.24, 2.45) is 0 Å². The number of rotatable bonds is 5. The smallest absolute Gasteiger partial charge is 0.387 e. The number of aromatic nitrogens is 1. The van der Waals surface area contributed by atoms with E-state index < -0.39 is 23.4 Å². The molecule has 172 valence electrons. The van der Waals surface area contributed by atoms with Gasteiger partial charge in [0, 0.05) is 25.8 Å². The van der Waals surface area contributed by atoms with Gasteiger partial charge in [-0.25, -0.2) is 0 Å². The number of β-amino-alcohol motifs (C(OH)–C–C–N with tert-alkyl or cyclic N) is 1. The highest BCUT2D eigenvalue weighted by atomic mass is 19.4. The number of amides is 1. The van der Waals surface area contributed by atoms with Crippen molar-refractivity contribution in [3.63, 3.8) is 0 Å². The molecule has 0 aliphatic carbocycles. The van der Waals surface area contributed by atoms with Gasteiger partial charge in [0.1, 0.15) is 6.61 Å². The van der Waals surface area contributed by atoms with Crippen LogP contribution in [0.5, 0.6) is 0 Å². The normalized spacial score (nSPS) is 20.5. The number of aliphatic hydroxyl groups excluding tert-OH is 1. The Balaban J connectivity index is 1.33. The first kappa shape index (κ1) is 22.7. The molecule has 1 unspecified atom stereocenters. The highest BCUT2D eigenvalue weighted by Gasteiger charge is 2.42. The van der Waals surface area contributed by atoms with Gasteiger partial charge in [0.2, 0.25) is 5.91 Å². The van der Waals surface area contributed by atoms with E-state index in [1.807, 2.05) is 30.3 Å². The van der Waals surface area contributed by atoms with Crippen LogP contribution in [-0.4, -0.2) is 64.2 Å². The number of halogens is 3. The van der Waals surface area contributed by atoms with E-state index in [0.717, 1.165) is 30.9 Å². The number of alkyl halides is 3. The lowest BCUT2D eigenvalue weighted by molar-refractivity contribution is -0.173. The Morgan fingerprint density at radius 2 is 1.84 bits per heavy atom. The minimum atomic E-state index is -4.44. The summed E-state index contributed by atoms with van der Waals surface area (Å²) in [5.74, 6) is -0.195. The second-order valence-electron chi connectivity index (χ2n) is 8.48. The van der Waals surface area contributed by atoms with Crippen LogP contribution in [0.4, 0.5) is 13.2 Å². The van der Waals surface area contributed by atoms with Gasteiger partial charge in [0.25, 0.3) is 0 Å². The SMILES string of the molecule is O=C1COC2(CCN(CC(O)c3ccccc3)CC2)CN1Cc1ccc(C(F)(F)F)cn1. The number of benzene rings is 1. The summed E-state index contributed by atoms with van der Waals surface area (Å²) in [5.41, 5.74) is -0.000912. The molecular weight excluding hydrogens is 423 g/mol. The molecule has 1 amide bonds. The Morgan fingerprint density at radius 3 is 2.47 bits per heavy atom. The van der Waals surface area contributed by atoms with E-state index in [2.05, 4.69) is 9.88 Å². The zero-order chi connectivity index (χ0) is 22.8. The maximum Gasteiger partial charge on any atom is 0.417 e. The Labute approximate surface area is 184 Å². The molecule has 1 atom stereocenters. The van der Waals surface area contributed by atoms with Crippen LogP contribution in [0.1, 0.15) is 35.8 Å². The Hall–Kier alpha value is -2.49. The molecule has 0 bridgehead atoms. The molecule has 1 N–H and O–H groups in total. The number of pyridine rings is 1. The van der Waals surface area contributed by atoms with E-state index in [4.69, 9.17) is 4.74 Å². The highest BCUT2D eigenvalue weighted by molar-refractivity contribution is 5.78. The predicted octanol–water partition coefficient (Wildman–Crippen LogP) is 3.03. The molecule has 6 nitrogen and oxygen atoms in total. The summed E-state index contributed by atoms with van der Waals surface area (Å²) in [4.78, 5) is 20.1. The minimum Gasteiger partial charge on any atom is -0.387 e. The van der Waals surface area contributed by atoms with Crippen LogP contribution < -0.4 is 0 Å². The van der Waals surface area contributed by atoms with Gasteiger partial charge in [-0.05, 0) is 30.5 Å². The Morgan fingerprint density at radius 1 is 1.12 bits per heavy atom. The van der Waals surface area contributed by atoms with Crippen molar-refractivity contribution in [3.05, 3.63) is 65.5 Å². The summed E-state index contributed by atoms with van der Waals surface area (Å²) < 4.78 is 44.2. The summed E-state index contributed by atoms with van der Waals surface area (Å²) in [5, 5.41) is 10.5. The summed E-state index contributed by atoms with van der Waals surface area (Å²) >= 11 is 0. The van der Waals surface area contributed by atoms with Crippen LogP contribution in [0.3, 0.4) is 0 Å². The molecule has 9 heteroatoms. The quantitative estimate of drug-likeness (QED) is 0.760. The fourth-order valence-electron chi connectivity index (χ4n) is 4.28. The molecule has 2 saturated heterocycles. The molecule has 1 spiro atoms. The summed E-state index contributed by atoms with van der Waals surface area (Å²) in [6, 6.07) is 11.8. The predicted molar refractivity (Wildman–Crippen MR) is 110 cm³/mol. The Kier molecular flexibility index (Phi) is 6.50. The summed E-state index contributed by atoms with van der Waals surface area (Å²) in [7, 11) is 0. The monoisotopic (exact) mass is 449 g/mol. The van der Waals surface area contributed by atoms with E-state index >= 15 is 0 Å². The molecule has 2 aromatic rings. The number of carbonyl (C=O) groups is 1. The van der Waals surface area contributed by atoms with Gasteiger partial charge < -0.3 is 19.6 Å². The maximum absolute atomic E-state index is 12.7. The van der Waals surface area contributed by atoms with E-state index in [0.29, 0.717) is 31.6 Å². The van der Waals surface area contributed by atoms with Crippen LogP contribution >= 0.6 is 0 Å². The second-order valence-corrected chi connectivity index (χ2v) is 8.48. The van der Waals surface area contributed by atoms with Gasteiger partial charge in [0.15, 0.2) is 0 Å². The van der Waals surface area contributed by atoms with Gasteiger partial charge in [-0.15, -0.1) is 0 Å². The third-order valence-corrected chi connectivity index (χ3v) is 6.22. The average Bonchev–Trinajstić information content (AvgIpc) is 2.78. The first-order valence-electron chi connectivity index (χ1n) is 10.6. The van der Waals surface area contributed by atoms with Crippen LogP contribution in [0.25, 0.3) is 0 Å². The molecule has 1 aromatic carbocycles. The number of morpholine rings is 1. The lowest BCUT2D eigenvalue weighted by Crippen LogP contribution is -2.58. The van der Waals surface area contributed by atoms with Crippen LogP contribution in [0.15, 0.2) is 48.7 Å². The number of nitrogens with zero attached hydrogens (tertiary/aromatic N) is 3. The van der Waals surface area contributed by atoms with Crippen molar-refractivity contribution in [3.8, 4) is 0 Å². The molecule has 0 radical (unpaired) electrons. The molecule has 1 aromatic heterocycles. The third kappa shape index (κ3) is 5.28. The largest absolute Gasteiger partial charge is 0.417 e. The summed E-state index contributed by atoms with van der Waals surface area (Å²) in [6.45, 7) is 2.46. The van der Waals surface area contributed by atoms with E-state index in [1.165, 1.54) is 6.07 Å². The number of carbonyl (C=O) groups excluding carboxylic acids is 1. The average molecular weight is 449 g/mol. The Bertz CT molecular complexity index is 914. The zero-order valence-electron chi connectivity index (χ0n) is 17.6. The van der Waals surface area contributed by atoms with Crippen LogP contribution in [0, 0.1) is 0 Å². The van der Waals surface area contributed by atoms with Gasteiger partial charge >= 0.3 is 6.18 Å². The zero-order valence-corrected chi connectivity index (χ0v) is 17.6. The van der Waals surface area contributed by atoms with Crippen molar-refractivity contribution in [1.29, 1.82) is 0 Å². The first-order chi connectivity index (χ1) is 15.2. The fraction of sp³-hybridized carbons (Fsp3) is 0.478. The van der Waals surface area contributed by atoms with Crippen molar-refractivity contribution < 1.29 is 27.8 Å². The number of likely N-dealkylation sites (tertiary alicyclic amines) is 1. The van der Waals surface area contributed by atoms with Gasteiger partial charge in [-0.3, -0.25) is 9.78 Å². The van der Waals surface area contributed by atoms with Crippen molar-refractivity contribution in [2.75, 3.05) is 32.8 Å². The third-order valence-electron chi connectivity index (χ3n) is 6.22. The topological polar surface area (TPSA) is 65.9 Å². The molecule has 32 heavy (non-hydrogen) atoms. The lowest BCUT2D eigenvalue weighted by atomic mass is 9.89. The van der Waals surface area contributed by atoms with E-state index in [1.54, 1.807) is 4.90 Å². The number of ether oxygens (including phenoxy) is 1. The summed E-state index contributed by atoms with van der Waals surface area (Å²) in [6.07, 6.45) is -2.79. The van der Waals surface area contributed by atoms with Gasteiger partial charge in [0.05, 0.1) is 36.1 Å². The molecule has 3 heterocycles. The lowest BCUT2D eigenvalue weighted by Gasteiger charge is -2.47. The standard InChI is InChI=1S/C23H26F3N3O3/c24-23(25,26)18-6-7-19(27-12-18)13-29-16-22(32-15-21(29)31)8-10-28(11-9-22)14-20(30)17-4-2-1-3-5-17/h1-7,12,20,30H,8-11,13-16H2. The van der Waals surface area contributed by atoms with E-state index in [-0.39, 0.29) is 19.1 Å². The highest BCUT2D eigenvalue weighted by Crippen LogP contribution is 2.32. The minimum absolute atomic E-state index is 0.0483. The van der Waals surface area contributed by atoms with Crippen LogP contribution in [0.2, 0.25) is 0 Å². The van der Waals surface area contributed by atoms with Crippen molar-refractivity contribution in [2.45, 2.75) is 37.3 Å². The number of aliphatic hydroxyl groups is 1. The fourth-order valence-corrected chi connectivity index (χ4v) is 4.28. The molecule has 2 fully saturated rings. The number of hydrogen-bond acceptors (Lipinski definition) is 5. The van der Waals surface area contributed by atoms with Gasteiger partial charge in [-0.1, -0.05) is 30.3 Å². The number of hydrogen-bond donors (Lipinski definition) is 1. The van der Waals surface area contributed by atoms with E-state index in [9.17, 15) is 23.1 Å². The van der Waals surface area contributed by atoms with Gasteiger partial charge in [-0.2, -0.15) is 13.2 Å². The number of piperidine rings is 1.